The first-order valence-electron chi connectivity index (χ1n) is 5.89. The number of likely N-dealkylation sites (N-methyl/N-ethyl adjacent to an activating group) is 1. The van der Waals surface area contributed by atoms with Crippen LogP contribution in [0.1, 0.15) is 5.56 Å². The van der Waals surface area contributed by atoms with Gasteiger partial charge in [-0.3, -0.25) is 10.1 Å². The van der Waals surface area contributed by atoms with Crippen LogP contribution in [0.2, 0.25) is 0 Å². The van der Waals surface area contributed by atoms with E-state index in [4.69, 9.17) is 9.84 Å². The third kappa shape index (κ3) is 4.59. The topological polar surface area (TPSA) is 87.7 Å². The second kappa shape index (κ2) is 7.38. The van der Waals surface area contributed by atoms with Crippen molar-refractivity contribution in [3.63, 3.8) is 0 Å². The minimum absolute atomic E-state index is 0.372. The van der Waals surface area contributed by atoms with Crippen molar-refractivity contribution in [3.05, 3.63) is 29.8 Å². The number of carbonyl (C=O) groups excluding carboxylic acids is 1. The number of aliphatic carboxylic acids is 1. The molecule has 0 fully saturated rings. The van der Waals surface area contributed by atoms with E-state index in [1.807, 2.05) is 24.3 Å². The Hall–Kier alpha value is -2.08. The number of methoxy groups -OCH3 is 1. The summed E-state index contributed by atoms with van der Waals surface area (Å²) in [6.45, 7) is 0.372. The van der Waals surface area contributed by atoms with E-state index in [2.05, 4.69) is 10.6 Å². The van der Waals surface area contributed by atoms with Crippen LogP contribution in [0.15, 0.2) is 24.3 Å². The lowest BCUT2D eigenvalue weighted by Gasteiger charge is -2.11. The van der Waals surface area contributed by atoms with E-state index in [-0.39, 0.29) is 0 Å². The molecular formula is C13H18N2O4. The standard InChI is InChI=1S/C13H18N2O4/c1-14-11(13(17)18)12(16)15-7-6-9-4-3-5-10(8-9)19-2/h3-5,8,11,14H,6-7H2,1-2H3,(H,15,16)(H,17,18). The molecule has 0 aliphatic heterocycles. The third-order valence-electron chi connectivity index (χ3n) is 2.64. The Morgan fingerprint density at radius 3 is 2.74 bits per heavy atom. The molecular weight excluding hydrogens is 248 g/mol. The molecule has 3 N–H and O–H groups in total. The summed E-state index contributed by atoms with van der Waals surface area (Å²) in [4.78, 5) is 22.3. The molecule has 6 heteroatoms. The summed E-state index contributed by atoms with van der Waals surface area (Å²) in [7, 11) is 3.02. The lowest BCUT2D eigenvalue weighted by molar-refractivity contribution is -0.143. The molecule has 0 aliphatic rings. The van der Waals surface area contributed by atoms with E-state index in [0.29, 0.717) is 13.0 Å². The maximum Gasteiger partial charge on any atom is 0.330 e. The van der Waals surface area contributed by atoms with Crippen LogP contribution in [0, 0.1) is 0 Å². The van der Waals surface area contributed by atoms with Crippen molar-refractivity contribution in [2.45, 2.75) is 12.5 Å². The molecule has 0 spiro atoms. The zero-order chi connectivity index (χ0) is 14.3. The van der Waals surface area contributed by atoms with E-state index < -0.39 is 17.9 Å². The largest absolute Gasteiger partial charge is 0.497 e. The molecule has 104 valence electrons. The Morgan fingerprint density at radius 1 is 1.42 bits per heavy atom. The van der Waals surface area contributed by atoms with Gasteiger partial charge in [-0.15, -0.1) is 0 Å². The molecule has 1 aromatic carbocycles. The normalized spacial score (nSPS) is 11.7. The first kappa shape index (κ1) is 15.0. The number of hydrogen-bond acceptors (Lipinski definition) is 4. The summed E-state index contributed by atoms with van der Waals surface area (Å²) >= 11 is 0. The van der Waals surface area contributed by atoms with Crippen LogP contribution >= 0.6 is 0 Å². The zero-order valence-corrected chi connectivity index (χ0v) is 11.0. The van der Waals surface area contributed by atoms with Crippen LogP contribution in [-0.4, -0.2) is 43.7 Å². The summed E-state index contributed by atoms with van der Waals surface area (Å²) in [6, 6.07) is 6.28. The number of benzene rings is 1. The number of carbonyl (C=O) groups is 2. The number of ether oxygens (including phenoxy) is 1. The van der Waals surface area contributed by atoms with Crippen molar-refractivity contribution in [3.8, 4) is 5.75 Å². The first-order chi connectivity index (χ1) is 9.08. The average molecular weight is 266 g/mol. The Labute approximate surface area is 111 Å². The fourth-order valence-corrected chi connectivity index (χ4v) is 1.63. The van der Waals surface area contributed by atoms with Crippen LogP contribution in [0.3, 0.4) is 0 Å². The van der Waals surface area contributed by atoms with Crippen molar-refractivity contribution in [1.29, 1.82) is 0 Å². The van der Waals surface area contributed by atoms with Gasteiger partial charge >= 0.3 is 5.97 Å². The first-order valence-corrected chi connectivity index (χ1v) is 5.89. The van der Waals surface area contributed by atoms with E-state index in [9.17, 15) is 9.59 Å². The molecule has 0 radical (unpaired) electrons. The Morgan fingerprint density at radius 2 is 2.16 bits per heavy atom. The second-order valence-corrected chi connectivity index (χ2v) is 3.95. The quantitative estimate of drug-likeness (QED) is 0.606. The minimum Gasteiger partial charge on any atom is -0.497 e. The van der Waals surface area contributed by atoms with Gasteiger partial charge in [0.2, 0.25) is 5.91 Å². The summed E-state index contributed by atoms with van der Waals surface area (Å²) < 4.78 is 5.09. The monoisotopic (exact) mass is 266 g/mol. The maximum absolute atomic E-state index is 11.5. The third-order valence-corrected chi connectivity index (χ3v) is 2.64. The van der Waals surface area contributed by atoms with Crippen molar-refractivity contribution >= 4 is 11.9 Å². The fraction of sp³-hybridized carbons (Fsp3) is 0.385. The maximum atomic E-state index is 11.5. The molecule has 6 nitrogen and oxygen atoms in total. The summed E-state index contributed by atoms with van der Waals surface area (Å²) in [6.07, 6.45) is 0.610. The summed E-state index contributed by atoms with van der Waals surface area (Å²) in [5, 5.41) is 13.8. The van der Waals surface area contributed by atoms with Gasteiger partial charge in [-0.05, 0) is 31.2 Å². The number of hydrogen-bond donors (Lipinski definition) is 3. The molecule has 1 atom stereocenters. The highest BCUT2D eigenvalue weighted by Crippen LogP contribution is 2.12. The number of nitrogens with one attached hydrogen (secondary N) is 2. The van der Waals surface area contributed by atoms with Gasteiger partial charge in [-0.2, -0.15) is 0 Å². The number of amides is 1. The highest BCUT2D eigenvalue weighted by molar-refractivity contribution is 6.01. The van der Waals surface area contributed by atoms with Crippen molar-refractivity contribution in [2.75, 3.05) is 20.7 Å². The SMILES string of the molecule is CNC(C(=O)O)C(=O)NCCc1cccc(OC)c1. The van der Waals surface area contributed by atoms with Crippen molar-refractivity contribution in [2.24, 2.45) is 0 Å². The van der Waals surface area contributed by atoms with E-state index in [1.54, 1.807) is 7.11 Å². The van der Waals surface area contributed by atoms with Gasteiger partial charge in [0.15, 0.2) is 6.04 Å². The molecule has 0 heterocycles. The predicted octanol–water partition coefficient (Wildman–Crippen LogP) is 0.0265. The molecule has 0 saturated heterocycles. The molecule has 1 aromatic rings. The van der Waals surface area contributed by atoms with Gasteiger partial charge in [-0.25, -0.2) is 4.79 Å². The van der Waals surface area contributed by atoms with Crippen LogP contribution in [0.5, 0.6) is 5.75 Å². The molecule has 0 aromatic heterocycles. The number of carboxylic acids is 1. The molecule has 1 amide bonds. The Kier molecular flexibility index (Phi) is 5.81. The van der Waals surface area contributed by atoms with E-state index >= 15 is 0 Å². The van der Waals surface area contributed by atoms with Gasteiger partial charge in [0.05, 0.1) is 7.11 Å². The van der Waals surface area contributed by atoms with Gasteiger partial charge in [-0.1, -0.05) is 12.1 Å². The molecule has 0 aliphatic carbocycles. The minimum atomic E-state index is -1.22. The van der Waals surface area contributed by atoms with Gasteiger partial charge < -0.3 is 15.2 Å². The van der Waals surface area contributed by atoms with Crippen molar-refractivity contribution in [1.82, 2.24) is 10.6 Å². The molecule has 0 bridgehead atoms. The van der Waals surface area contributed by atoms with Gasteiger partial charge in [0.25, 0.3) is 0 Å². The van der Waals surface area contributed by atoms with Gasteiger partial charge in [0.1, 0.15) is 5.75 Å². The van der Waals surface area contributed by atoms with Crippen LogP contribution in [-0.2, 0) is 16.0 Å². The molecule has 1 unspecified atom stereocenters. The zero-order valence-electron chi connectivity index (χ0n) is 11.0. The lowest BCUT2D eigenvalue weighted by atomic mass is 10.1. The number of carboxylic acid groups (broad SMARTS) is 1. The molecule has 0 saturated carbocycles. The highest BCUT2D eigenvalue weighted by Gasteiger charge is 2.23. The summed E-state index contributed by atoms with van der Waals surface area (Å²) in [5.74, 6) is -0.984. The molecule has 1 rings (SSSR count). The smallest absolute Gasteiger partial charge is 0.330 e. The Balaban J connectivity index is 2.45. The molecule has 19 heavy (non-hydrogen) atoms. The Bertz CT molecular complexity index is 448. The van der Waals surface area contributed by atoms with Crippen LogP contribution in [0.4, 0.5) is 0 Å². The van der Waals surface area contributed by atoms with Gasteiger partial charge in [0, 0.05) is 6.54 Å². The lowest BCUT2D eigenvalue weighted by Crippen LogP contribution is -2.48. The van der Waals surface area contributed by atoms with E-state index in [1.165, 1.54) is 7.05 Å². The van der Waals surface area contributed by atoms with Crippen molar-refractivity contribution < 1.29 is 19.4 Å². The highest BCUT2D eigenvalue weighted by atomic mass is 16.5. The second-order valence-electron chi connectivity index (χ2n) is 3.95. The van der Waals surface area contributed by atoms with Crippen LogP contribution < -0.4 is 15.4 Å². The number of rotatable bonds is 7. The predicted molar refractivity (Wildman–Crippen MR) is 70.2 cm³/mol. The van der Waals surface area contributed by atoms with E-state index in [0.717, 1.165) is 11.3 Å². The fourth-order valence-electron chi connectivity index (χ4n) is 1.63. The van der Waals surface area contributed by atoms with Crippen LogP contribution in [0.25, 0.3) is 0 Å². The average Bonchev–Trinajstić information content (AvgIpc) is 2.39. The summed E-state index contributed by atoms with van der Waals surface area (Å²) in [5.41, 5.74) is 1.01.